The molecule has 1 fully saturated rings. The molecule has 1 saturated carbocycles. The number of aliphatic hydroxyl groups excluding tert-OH is 1. The summed E-state index contributed by atoms with van der Waals surface area (Å²) < 4.78 is 18.9. The third-order valence-corrected chi connectivity index (χ3v) is 3.20. The van der Waals surface area contributed by atoms with Crippen LogP contribution < -0.4 is 4.74 Å². The van der Waals surface area contributed by atoms with Crippen LogP contribution in [0.15, 0.2) is 18.2 Å². The Labute approximate surface area is 107 Å². The van der Waals surface area contributed by atoms with Crippen molar-refractivity contribution in [2.45, 2.75) is 25.7 Å². The van der Waals surface area contributed by atoms with Crippen LogP contribution in [-0.4, -0.2) is 18.3 Å². The predicted molar refractivity (Wildman–Crippen MR) is 67.8 cm³/mol. The van der Waals surface area contributed by atoms with Crippen LogP contribution >= 0.6 is 0 Å². The van der Waals surface area contributed by atoms with Gasteiger partial charge in [0, 0.05) is 6.07 Å². The van der Waals surface area contributed by atoms with Crippen molar-refractivity contribution in [1.29, 1.82) is 0 Å². The van der Waals surface area contributed by atoms with Crippen LogP contribution in [-0.2, 0) is 0 Å². The van der Waals surface area contributed by atoms with E-state index in [1.54, 1.807) is 6.07 Å². The molecule has 2 nitrogen and oxygen atoms in total. The summed E-state index contributed by atoms with van der Waals surface area (Å²) in [6, 6.07) is 4.29. The quantitative estimate of drug-likeness (QED) is 0.833. The highest BCUT2D eigenvalue weighted by Gasteiger charge is 2.16. The molecule has 96 valence electrons. The van der Waals surface area contributed by atoms with Crippen LogP contribution in [0.4, 0.5) is 4.39 Å². The van der Waals surface area contributed by atoms with Crippen molar-refractivity contribution >= 4 is 0 Å². The fourth-order valence-corrected chi connectivity index (χ4v) is 2.24. The van der Waals surface area contributed by atoms with Crippen LogP contribution in [0, 0.1) is 23.6 Å². The Kier molecular flexibility index (Phi) is 4.60. The maximum Gasteiger partial charge on any atom is 0.137 e. The van der Waals surface area contributed by atoms with Gasteiger partial charge in [0.2, 0.25) is 0 Å². The number of ether oxygens (including phenoxy) is 1. The first-order valence-corrected chi connectivity index (χ1v) is 6.31. The van der Waals surface area contributed by atoms with Crippen molar-refractivity contribution in [3.8, 4) is 17.6 Å². The second-order valence-corrected chi connectivity index (χ2v) is 4.56. The first kappa shape index (κ1) is 12.9. The second-order valence-electron chi connectivity index (χ2n) is 4.56. The van der Waals surface area contributed by atoms with E-state index in [-0.39, 0.29) is 12.4 Å². The predicted octanol–water partition coefficient (Wildman–Crippen LogP) is 2.74. The van der Waals surface area contributed by atoms with E-state index in [4.69, 9.17) is 9.84 Å². The lowest BCUT2D eigenvalue weighted by molar-refractivity contribution is 0.250. The van der Waals surface area contributed by atoms with E-state index >= 15 is 0 Å². The highest BCUT2D eigenvalue weighted by Crippen LogP contribution is 2.27. The zero-order valence-corrected chi connectivity index (χ0v) is 10.3. The Morgan fingerprint density at radius 3 is 2.83 bits per heavy atom. The molecule has 1 aliphatic carbocycles. The van der Waals surface area contributed by atoms with Gasteiger partial charge < -0.3 is 9.84 Å². The zero-order chi connectivity index (χ0) is 12.8. The number of hydrogen-bond acceptors (Lipinski definition) is 2. The molecule has 0 atom stereocenters. The van der Waals surface area contributed by atoms with Crippen LogP contribution in [0.3, 0.4) is 0 Å². The molecule has 2 rings (SSSR count). The summed E-state index contributed by atoms with van der Waals surface area (Å²) >= 11 is 0. The summed E-state index contributed by atoms with van der Waals surface area (Å²) in [7, 11) is 0. The lowest BCUT2D eigenvalue weighted by Crippen LogP contribution is -2.09. The van der Waals surface area contributed by atoms with Gasteiger partial charge >= 0.3 is 0 Å². The Morgan fingerprint density at radius 2 is 2.11 bits per heavy atom. The summed E-state index contributed by atoms with van der Waals surface area (Å²) in [5.74, 6) is 6.05. The smallest absolute Gasteiger partial charge is 0.137 e. The number of benzene rings is 1. The van der Waals surface area contributed by atoms with Crippen molar-refractivity contribution in [1.82, 2.24) is 0 Å². The van der Waals surface area contributed by atoms with E-state index < -0.39 is 0 Å². The third kappa shape index (κ3) is 3.48. The van der Waals surface area contributed by atoms with Crippen LogP contribution in [0.5, 0.6) is 5.75 Å². The monoisotopic (exact) mass is 248 g/mol. The van der Waals surface area contributed by atoms with E-state index in [0.717, 1.165) is 0 Å². The fourth-order valence-electron chi connectivity index (χ4n) is 2.24. The third-order valence-electron chi connectivity index (χ3n) is 3.20. The van der Waals surface area contributed by atoms with Gasteiger partial charge in [0.1, 0.15) is 18.2 Å². The van der Waals surface area contributed by atoms with Crippen molar-refractivity contribution in [2.75, 3.05) is 13.2 Å². The van der Waals surface area contributed by atoms with Crippen molar-refractivity contribution in [3.05, 3.63) is 29.6 Å². The molecule has 1 aromatic rings. The highest BCUT2D eigenvalue weighted by molar-refractivity contribution is 5.46. The Morgan fingerprint density at radius 1 is 1.33 bits per heavy atom. The molecule has 0 aliphatic heterocycles. The molecule has 0 bridgehead atoms. The van der Waals surface area contributed by atoms with Crippen LogP contribution in [0.2, 0.25) is 0 Å². The van der Waals surface area contributed by atoms with Gasteiger partial charge in [-0.05, 0) is 30.9 Å². The SMILES string of the molecule is OCC#Cc1ccc(F)cc1OCC1CCCC1. The summed E-state index contributed by atoms with van der Waals surface area (Å²) in [6.07, 6.45) is 4.89. The number of rotatable bonds is 3. The van der Waals surface area contributed by atoms with Gasteiger partial charge in [0.15, 0.2) is 0 Å². The molecule has 18 heavy (non-hydrogen) atoms. The van der Waals surface area contributed by atoms with Gasteiger partial charge in [0.25, 0.3) is 0 Å². The highest BCUT2D eigenvalue weighted by atomic mass is 19.1. The van der Waals surface area contributed by atoms with E-state index in [1.165, 1.54) is 37.8 Å². The van der Waals surface area contributed by atoms with E-state index in [2.05, 4.69) is 11.8 Å². The van der Waals surface area contributed by atoms with Gasteiger partial charge in [0.05, 0.1) is 12.2 Å². The van der Waals surface area contributed by atoms with E-state index in [1.807, 2.05) is 0 Å². The standard InChI is InChI=1S/C15H17FO2/c16-14-8-7-13(6-3-9-17)15(10-14)18-11-12-4-1-2-5-12/h7-8,10,12,17H,1-2,4-5,9,11H2. The average Bonchev–Trinajstić information content (AvgIpc) is 2.88. The van der Waals surface area contributed by atoms with Crippen molar-refractivity contribution in [2.24, 2.45) is 5.92 Å². The Bertz CT molecular complexity index is 453. The number of hydrogen-bond donors (Lipinski definition) is 1. The first-order valence-electron chi connectivity index (χ1n) is 6.31. The lowest BCUT2D eigenvalue weighted by Gasteiger charge is -2.12. The molecular weight excluding hydrogens is 231 g/mol. The maximum absolute atomic E-state index is 13.2. The molecule has 0 saturated heterocycles. The van der Waals surface area contributed by atoms with Crippen molar-refractivity contribution in [3.63, 3.8) is 0 Å². The number of aliphatic hydroxyl groups is 1. The van der Waals surface area contributed by atoms with Crippen LogP contribution in [0.1, 0.15) is 31.2 Å². The van der Waals surface area contributed by atoms with E-state index in [9.17, 15) is 4.39 Å². The molecule has 3 heteroatoms. The van der Waals surface area contributed by atoms with Gasteiger partial charge in [-0.1, -0.05) is 24.7 Å². The van der Waals surface area contributed by atoms with Crippen molar-refractivity contribution < 1.29 is 14.2 Å². The molecule has 1 N–H and O–H groups in total. The molecule has 1 aromatic carbocycles. The molecule has 0 amide bonds. The molecule has 0 heterocycles. The van der Waals surface area contributed by atoms with Gasteiger partial charge in [-0.15, -0.1) is 0 Å². The molecule has 0 aromatic heterocycles. The fraction of sp³-hybridized carbons (Fsp3) is 0.467. The molecule has 0 unspecified atom stereocenters. The molecule has 0 radical (unpaired) electrons. The maximum atomic E-state index is 13.2. The molecule has 1 aliphatic rings. The summed E-state index contributed by atoms with van der Waals surface area (Å²) in [5.41, 5.74) is 0.628. The molecular formula is C15H17FO2. The average molecular weight is 248 g/mol. The largest absolute Gasteiger partial charge is 0.492 e. The van der Waals surface area contributed by atoms with Crippen LogP contribution in [0.25, 0.3) is 0 Å². The van der Waals surface area contributed by atoms with Gasteiger partial charge in [-0.2, -0.15) is 0 Å². The van der Waals surface area contributed by atoms with Gasteiger partial charge in [-0.3, -0.25) is 0 Å². The van der Waals surface area contributed by atoms with Gasteiger partial charge in [-0.25, -0.2) is 4.39 Å². The summed E-state index contributed by atoms with van der Waals surface area (Å²) in [6.45, 7) is 0.413. The van der Waals surface area contributed by atoms with E-state index in [0.29, 0.717) is 23.8 Å². The minimum absolute atomic E-state index is 0.209. The first-order chi connectivity index (χ1) is 8.79. The summed E-state index contributed by atoms with van der Waals surface area (Å²) in [5, 5.41) is 8.69. The second kappa shape index (κ2) is 6.42. The Balaban J connectivity index is 2.06. The Hall–Kier alpha value is -1.53. The lowest BCUT2D eigenvalue weighted by atomic mass is 10.1. The minimum Gasteiger partial charge on any atom is -0.492 e. The summed E-state index contributed by atoms with van der Waals surface area (Å²) in [4.78, 5) is 0. The molecule has 0 spiro atoms. The number of halogens is 1. The minimum atomic E-state index is -0.328. The zero-order valence-electron chi connectivity index (χ0n) is 10.3. The normalized spacial score (nSPS) is 15.2. The topological polar surface area (TPSA) is 29.5 Å².